The van der Waals surface area contributed by atoms with Gasteiger partial charge < -0.3 is 13.9 Å². The van der Waals surface area contributed by atoms with E-state index in [0.717, 1.165) is 17.4 Å². The van der Waals surface area contributed by atoms with Crippen LogP contribution >= 0.6 is 0 Å². The van der Waals surface area contributed by atoms with Crippen molar-refractivity contribution >= 4 is 10.8 Å². The summed E-state index contributed by atoms with van der Waals surface area (Å²) in [6, 6.07) is 7.52. The van der Waals surface area contributed by atoms with Crippen LogP contribution in [0.2, 0.25) is 0 Å². The Morgan fingerprint density at radius 1 is 1.18 bits per heavy atom. The largest absolute Gasteiger partial charge is 0.422 e. The second-order valence-electron chi connectivity index (χ2n) is 4.41. The number of benzene rings is 1. The molecule has 2 aliphatic heterocycles. The van der Waals surface area contributed by atoms with Gasteiger partial charge in [-0.15, -0.1) is 0 Å². The lowest BCUT2D eigenvalue weighted by Gasteiger charge is -2.21. The van der Waals surface area contributed by atoms with Crippen LogP contribution in [0, 0.1) is 0 Å². The van der Waals surface area contributed by atoms with Crippen LogP contribution in [0.1, 0.15) is 17.6 Å². The molecule has 4 rings (SSSR count). The fourth-order valence-electron chi connectivity index (χ4n) is 2.59. The third-order valence-corrected chi connectivity index (χ3v) is 3.37. The summed E-state index contributed by atoms with van der Waals surface area (Å²) in [4.78, 5) is 11.8. The number of ether oxygens (including phenoxy) is 2. The molecular weight excluding hydrogens is 220 g/mol. The normalized spacial score (nSPS) is 26.1. The van der Waals surface area contributed by atoms with E-state index in [1.807, 2.05) is 18.2 Å². The van der Waals surface area contributed by atoms with E-state index >= 15 is 0 Å². The molecule has 1 saturated heterocycles. The van der Waals surface area contributed by atoms with Crippen molar-refractivity contribution in [3.05, 3.63) is 46.0 Å². The van der Waals surface area contributed by atoms with E-state index in [0.29, 0.717) is 17.8 Å². The Bertz CT molecular complexity index is 658. The lowest BCUT2D eigenvalue weighted by Crippen LogP contribution is -2.21. The molecule has 1 fully saturated rings. The Balaban J connectivity index is 2.11. The van der Waals surface area contributed by atoms with Gasteiger partial charge in [-0.05, 0) is 11.5 Å². The number of fused-ring (bicyclic) bond motifs is 6. The van der Waals surface area contributed by atoms with E-state index in [2.05, 4.69) is 0 Å². The molecule has 0 N–H and O–H groups in total. The highest BCUT2D eigenvalue weighted by Gasteiger charge is 2.38. The maximum absolute atomic E-state index is 11.8. The van der Waals surface area contributed by atoms with Crippen molar-refractivity contribution < 1.29 is 13.9 Å². The molecule has 2 bridgehead atoms. The summed E-state index contributed by atoms with van der Waals surface area (Å²) >= 11 is 0. The van der Waals surface area contributed by atoms with Gasteiger partial charge in [0.15, 0.2) is 5.76 Å². The third-order valence-electron chi connectivity index (χ3n) is 3.37. The molecule has 17 heavy (non-hydrogen) atoms. The van der Waals surface area contributed by atoms with Crippen LogP contribution in [0.15, 0.2) is 33.5 Å². The van der Waals surface area contributed by atoms with Gasteiger partial charge in [-0.1, -0.05) is 18.2 Å². The number of rotatable bonds is 0. The van der Waals surface area contributed by atoms with Gasteiger partial charge in [0.1, 0.15) is 0 Å². The predicted molar refractivity (Wildman–Crippen MR) is 59.8 cm³/mol. The van der Waals surface area contributed by atoms with Crippen molar-refractivity contribution in [2.75, 3.05) is 6.61 Å². The molecule has 2 aromatic rings. The summed E-state index contributed by atoms with van der Waals surface area (Å²) in [6.07, 6.45) is 0.334. The first kappa shape index (κ1) is 9.39. The minimum absolute atomic E-state index is 0.0867. The minimum Gasteiger partial charge on any atom is -0.422 e. The molecule has 1 aromatic carbocycles. The van der Waals surface area contributed by atoms with E-state index in [1.54, 1.807) is 6.07 Å². The maximum Gasteiger partial charge on any atom is 0.344 e. The van der Waals surface area contributed by atoms with E-state index in [9.17, 15) is 4.79 Å². The van der Waals surface area contributed by atoms with Gasteiger partial charge in [-0.3, -0.25) is 0 Å². The summed E-state index contributed by atoms with van der Waals surface area (Å²) in [6.45, 7) is 0.567. The van der Waals surface area contributed by atoms with Gasteiger partial charge in [-0.2, -0.15) is 0 Å². The van der Waals surface area contributed by atoms with E-state index in [4.69, 9.17) is 13.9 Å². The van der Waals surface area contributed by atoms with E-state index in [-0.39, 0.29) is 11.7 Å². The Labute approximate surface area is 96.8 Å². The maximum atomic E-state index is 11.8. The van der Waals surface area contributed by atoms with Crippen molar-refractivity contribution in [3.63, 3.8) is 0 Å². The van der Waals surface area contributed by atoms with Crippen LogP contribution in [0.25, 0.3) is 10.8 Å². The highest BCUT2D eigenvalue weighted by molar-refractivity contribution is 5.85. The summed E-state index contributed by atoms with van der Waals surface area (Å²) in [5, 5.41) is 1.59. The summed E-state index contributed by atoms with van der Waals surface area (Å²) in [7, 11) is 0. The van der Waals surface area contributed by atoms with Gasteiger partial charge in [-0.25, -0.2) is 4.79 Å². The quantitative estimate of drug-likeness (QED) is 0.692. The summed E-state index contributed by atoms with van der Waals surface area (Å²) in [5.41, 5.74) is 0.732. The Kier molecular flexibility index (Phi) is 1.76. The molecule has 0 radical (unpaired) electrons. The molecule has 2 aliphatic rings. The predicted octanol–water partition coefficient (Wildman–Crippen LogP) is 1.76. The first-order chi connectivity index (χ1) is 8.33. The SMILES string of the molecule is O=c1oc2c(c3ccccc13)C[C@H]1CO[C@@H]2O1. The first-order valence-electron chi connectivity index (χ1n) is 5.64. The van der Waals surface area contributed by atoms with Gasteiger partial charge in [0, 0.05) is 12.0 Å². The highest BCUT2D eigenvalue weighted by Crippen LogP contribution is 2.38. The zero-order chi connectivity index (χ0) is 11.4. The van der Waals surface area contributed by atoms with Gasteiger partial charge in [0.05, 0.1) is 18.1 Å². The van der Waals surface area contributed by atoms with Crippen LogP contribution in [0.5, 0.6) is 0 Å². The highest BCUT2D eigenvalue weighted by atomic mass is 16.7. The van der Waals surface area contributed by atoms with Crippen LogP contribution in [0.3, 0.4) is 0 Å². The molecule has 2 atom stereocenters. The van der Waals surface area contributed by atoms with Crippen molar-refractivity contribution in [1.82, 2.24) is 0 Å². The van der Waals surface area contributed by atoms with Gasteiger partial charge in [0.2, 0.25) is 6.29 Å². The number of hydrogen-bond acceptors (Lipinski definition) is 4. The second-order valence-corrected chi connectivity index (χ2v) is 4.41. The fraction of sp³-hybridized carbons (Fsp3) is 0.308. The zero-order valence-corrected chi connectivity index (χ0v) is 9.01. The minimum atomic E-state index is -0.499. The molecule has 0 unspecified atom stereocenters. The van der Waals surface area contributed by atoms with Crippen molar-refractivity contribution in [2.24, 2.45) is 0 Å². The average molecular weight is 230 g/mol. The second kappa shape index (κ2) is 3.18. The summed E-state index contributed by atoms with van der Waals surface area (Å²) < 4.78 is 16.4. The van der Waals surface area contributed by atoms with Gasteiger partial charge in [0.25, 0.3) is 0 Å². The Morgan fingerprint density at radius 2 is 2.00 bits per heavy atom. The molecule has 4 nitrogen and oxygen atoms in total. The average Bonchev–Trinajstić information content (AvgIpc) is 2.75. The smallest absolute Gasteiger partial charge is 0.344 e. The van der Waals surface area contributed by atoms with E-state index < -0.39 is 6.29 Å². The Hall–Kier alpha value is -1.65. The standard InChI is InChI=1S/C13H10O4/c14-12-9-4-2-1-3-8(9)10-5-7-6-15-13(16-7)11(10)17-12/h1-4,7,13H,5-6H2/t7-,13+/m0/s1. The topological polar surface area (TPSA) is 48.7 Å². The zero-order valence-electron chi connectivity index (χ0n) is 9.01. The molecule has 86 valence electrons. The Morgan fingerprint density at radius 3 is 2.88 bits per heavy atom. The fourth-order valence-corrected chi connectivity index (χ4v) is 2.59. The van der Waals surface area contributed by atoms with Crippen LogP contribution in [-0.4, -0.2) is 12.7 Å². The van der Waals surface area contributed by atoms with Crippen molar-refractivity contribution in [3.8, 4) is 0 Å². The van der Waals surface area contributed by atoms with Crippen LogP contribution in [0.4, 0.5) is 0 Å². The summed E-state index contributed by atoms with van der Waals surface area (Å²) in [5.74, 6) is 0.544. The first-order valence-corrected chi connectivity index (χ1v) is 5.64. The molecule has 0 aliphatic carbocycles. The van der Waals surface area contributed by atoms with Crippen molar-refractivity contribution in [2.45, 2.75) is 18.8 Å². The third kappa shape index (κ3) is 1.22. The molecular formula is C13H10O4. The molecule has 0 spiro atoms. The monoisotopic (exact) mass is 230 g/mol. The molecule has 1 aromatic heterocycles. The van der Waals surface area contributed by atoms with Crippen LogP contribution < -0.4 is 5.63 Å². The molecule has 4 heteroatoms. The molecule has 3 heterocycles. The van der Waals surface area contributed by atoms with E-state index in [1.165, 1.54) is 0 Å². The molecule has 0 saturated carbocycles. The molecule has 0 amide bonds. The van der Waals surface area contributed by atoms with Gasteiger partial charge >= 0.3 is 5.63 Å². The van der Waals surface area contributed by atoms with Crippen LogP contribution in [-0.2, 0) is 15.9 Å². The lowest BCUT2D eigenvalue weighted by atomic mass is 9.99. The lowest BCUT2D eigenvalue weighted by molar-refractivity contribution is -0.0837. The number of hydrogen-bond donors (Lipinski definition) is 0. The van der Waals surface area contributed by atoms with Crippen molar-refractivity contribution in [1.29, 1.82) is 0 Å².